The molecule has 1 saturated carbocycles. The van der Waals surface area contributed by atoms with Gasteiger partial charge in [0.25, 0.3) is 0 Å². The normalized spacial score (nSPS) is 47.7. The number of rotatable bonds is 1. The van der Waals surface area contributed by atoms with Crippen LogP contribution in [-0.2, 0) is 4.79 Å². The Morgan fingerprint density at radius 1 is 1.45 bits per heavy atom. The van der Waals surface area contributed by atoms with Gasteiger partial charge in [-0.2, -0.15) is 0 Å². The monoisotopic (exact) mass is 150 g/mol. The van der Waals surface area contributed by atoms with Crippen LogP contribution in [0.1, 0.15) is 26.2 Å². The lowest BCUT2D eigenvalue weighted by molar-refractivity contribution is -0.119. The number of hydrogen-bond acceptors (Lipinski definition) is 1. The molecule has 0 radical (unpaired) electrons. The highest BCUT2D eigenvalue weighted by Crippen LogP contribution is 2.47. The summed E-state index contributed by atoms with van der Waals surface area (Å²) in [6.45, 7) is 2.10. The zero-order chi connectivity index (χ0) is 7.90. The average molecular weight is 150 g/mol. The maximum absolute atomic E-state index is 10.8. The highest BCUT2D eigenvalue weighted by molar-refractivity contribution is 5.61. The van der Waals surface area contributed by atoms with Crippen LogP contribution >= 0.6 is 0 Å². The summed E-state index contributed by atoms with van der Waals surface area (Å²) in [7, 11) is 0. The Morgan fingerprint density at radius 2 is 2.27 bits per heavy atom. The molecule has 3 aliphatic carbocycles. The van der Waals surface area contributed by atoms with Gasteiger partial charge in [0.05, 0.1) is 0 Å². The third-order valence-electron chi connectivity index (χ3n) is 3.28. The van der Waals surface area contributed by atoms with E-state index in [0.717, 1.165) is 12.7 Å². The van der Waals surface area contributed by atoms with Crippen LogP contribution in [0.2, 0.25) is 0 Å². The number of fused-ring (bicyclic) bond motifs is 2. The molecule has 1 fully saturated rings. The Morgan fingerprint density at radius 3 is 2.55 bits per heavy atom. The quantitative estimate of drug-likeness (QED) is 0.413. The molecule has 0 amide bonds. The molecule has 2 bridgehead atoms. The van der Waals surface area contributed by atoms with Crippen LogP contribution in [0.15, 0.2) is 12.2 Å². The largest absolute Gasteiger partial charge is 0.303 e. The fraction of sp³-hybridized carbons (Fsp3) is 0.700. The molecule has 0 aromatic heterocycles. The van der Waals surface area contributed by atoms with Crippen molar-refractivity contribution in [2.24, 2.45) is 17.3 Å². The standard InChI is InChI=1S/C10H14O/c1-10(7-11)6-8-2-4-9(10)5-3-8/h2,4,7-9H,3,5-6H2,1H3/t8-,9+,10-/m0/s1. The van der Waals surface area contributed by atoms with E-state index in [0.29, 0.717) is 11.8 Å². The van der Waals surface area contributed by atoms with Gasteiger partial charge >= 0.3 is 0 Å². The number of carbonyl (C=O) groups excluding carboxylic acids is 1. The minimum atomic E-state index is -0.0301. The second-order valence-corrected chi connectivity index (χ2v) is 4.16. The van der Waals surface area contributed by atoms with E-state index in [4.69, 9.17) is 0 Å². The molecule has 3 atom stereocenters. The molecule has 0 spiro atoms. The maximum atomic E-state index is 10.8. The molecule has 0 unspecified atom stereocenters. The summed E-state index contributed by atoms with van der Waals surface area (Å²) in [5, 5.41) is 0. The molecular weight excluding hydrogens is 136 g/mol. The van der Waals surface area contributed by atoms with Crippen LogP contribution in [0.25, 0.3) is 0 Å². The summed E-state index contributed by atoms with van der Waals surface area (Å²) < 4.78 is 0. The summed E-state index contributed by atoms with van der Waals surface area (Å²) in [5.74, 6) is 1.22. The Kier molecular flexibility index (Phi) is 1.41. The first-order valence-electron chi connectivity index (χ1n) is 4.39. The fourth-order valence-electron chi connectivity index (χ4n) is 2.45. The molecule has 0 aromatic carbocycles. The van der Waals surface area contributed by atoms with Crippen molar-refractivity contribution in [3.05, 3.63) is 12.2 Å². The van der Waals surface area contributed by atoms with Gasteiger partial charge < -0.3 is 4.79 Å². The molecule has 3 aliphatic rings. The van der Waals surface area contributed by atoms with Crippen molar-refractivity contribution in [2.45, 2.75) is 26.2 Å². The second kappa shape index (κ2) is 2.20. The molecule has 11 heavy (non-hydrogen) atoms. The van der Waals surface area contributed by atoms with Crippen LogP contribution in [0.3, 0.4) is 0 Å². The van der Waals surface area contributed by atoms with Crippen molar-refractivity contribution in [1.82, 2.24) is 0 Å². The molecular formula is C10H14O. The van der Waals surface area contributed by atoms with Gasteiger partial charge in [0.2, 0.25) is 0 Å². The molecule has 3 rings (SSSR count). The number of hydrogen-bond donors (Lipinski definition) is 0. The van der Waals surface area contributed by atoms with Crippen molar-refractivity contribution < 1.29 is 4.79 Å². The third kappa shape index (κ3) is 0.943. The second-order valence-electron chi connectivity index (χ2n) is 4.16. The van der Waals surface area contributed by atoms with Crippen LogP contribution < -0.4 is 0 Å². The lowest BCUT2D eigenvalue weighted by Crippen LogP contribution is -2.37. The van der Waals surface area contributed by atoms with Gasteiger partial charge in [0.15, 0.2) is 0 Å². The van der Waals surface area contributed by atoms with E-state index in [-0.39, 0.29) is 5.41 Å². The number of carbonyl (C=O) groups is 1. The van der Waals surface area contributed by atoms with Gasteiger partial charge in [-0.1, -0.05) is 19.1 Å². The van der Waals surface area contributed by atoms with Gasteiger partial charge in [-0.25, -0.2) is 0 Å². The van der Waals surface area contributed by atoms with Crippen molar-refractivity contribution in [3.63, 3.8) is 0 Å². The first kappa shape index (κ1) is 7.08. The van der Waals surface area contributed by atoms with Crippen molar-refractivity contribution in [1.29, 1.82) is 0 Å². The maximum Gasteiger partial charge on any atom is 0.126 e. The van der Waals surface area contributed by atoms with E-state index in [1.165, 1.54) is 12.8 Å². The lowest BCUT2D eigenvalue weighted by Gasteiger charge is -2.42. The summed E-state index contributed by atoms with van der Waals surface area (Å²) in [5.41, 5.74) is -0.0301. The summed E-state index contributed by atoms with van der Waals surface area (Å²) in [4.78, 5) is 10.8. The summed E-state index contributed by atoms with van der Waals surface area (Å²) >= 11 is 0. The van der Waals surface area contributed by atoms with E-state index in [9.17, 15) is 4.79 Å². The Bertz CT molecular complexity index is 207. The van der Waals surface area contributed by atoms with E-state index in [1.54, 1.807) is 0 Å². The van der Waals surface area contributed by atoms with Crippen molar-refractivity contribution in [3.8, 4) is 0 Å². The molecule has 1 heteroatoms. The van der Waals surface area contributed by atoms with Crippen LogP contribution in [0, 0.1) is 17.3 Å². The lowest BCUT2D eigenvalue weighted by atomic mass is 9.61. The summed E-state index contributed by atoms with van der Waals surface area (Å²) in [6.07, 6.45) is 9.29. The first-order chi connectivity index (χ1) is 5.24. The topological polar surface area (TPSA) is 17.1 Å². The molecule has 0 saturated heterocycles. The minimum absolute atomic E-state index is 0.0301. The van der Waals surface area contributed by atoms with Crippen LogP contribution in [0.4, 0.5) is 0 Å². The Balaban J connectivity index is 2.29. The van der Waals surface area contributed by atoms with Crippen molar-refractivity contribution in [2.75, 3.05) is 0 Å². The molecule has 0 N–H and O–H groups in total. The minimum Gasteiger partial charge on any atom is -0.303 e. The van der Waals surface area contributed by atoms with Gasteiger partial charge in [-0.3, -0.25) is 0 Å². The first-order valence-corrected chi connectivity index (χ1v) is 4.39. The number of allylic oxidation sites excluding steroid dienone is 2. The van der Waals surface area contributed by atoms with Gasteiger partial charge in [-0.15, -0.1) is 0 Å². The van der Waals surface area contributed by atoms with Gasteiger partial charge in [0.1, 0.15) is 6.29 Å². The predicted octanol–water partition coefficient (Wildman–Crippen LogP) is 2.18. The Labute approximate surface area is 67.5 Å². The van der Waals surface area contributed by atoms with Crippen LogP contribution in [0.5, 0.6) is 0 Å². The molecule has 1 nitrogen and oxygen atoms in total. The molecule has 0 aromatic rings. The van der Waals surface area contributed by atoms with E-state index < -0.39 is 0 Å². The van der Waals surface area contributed by atoms with E-state index >= 15 is 0 Å². The van der Waals surface area contributed by atoms with E-state index in [2.05, 4.69) is 19.1 Å². The molecule has 60 valence electrons. The molecule has 0 aliphatic heterocycles. The summed E-state index contributed by atoms with van der Waals surface area (Å²) in [6, 6.07) is 0. The zero-order valence-electron chi connectivity index (χ0n) is 6.92. The average Bonchev–Trinajstić information content (AvgIpc) is 2.06. The van der Waals surface area contributed by atoms with Crippen molar-refractivity contribution >= 4 is 6.29 Å². The number of aldehydes is 1. The smallest absolute Gasteiger partial charge is 0.126 e. The Hall–Kier alpha value is -0.590. The highest BCUT2D eigenvalue weighted by Gasteiger charge is 2.40. The van der Waals surface area contributed by atoms with Gasteiger partial charge in [-0.05, 0) is 31.1 Å². The fourth-order valence-corrected chi connectivity index (χ4v) is 2.45. The SMILES string of the molecule is C[C@@]1(C=O)C[C@H]2C=C[C@@H]1CC2. The zero-order valence-corrected chi connectivity index (χ0v) is 6.92. The van der Waals surface area contributed by atoms with E-state index in [1.807, 2.05) is 0 Å². The predicted molar refractivity (Wildman–Crippen MR) is 44.1 cm³/mol. The molecule has 0 heterocycles. The van der Waals surface area contributed by atoms with Gasteiger partial charge in [0, 0.05) is 5.41 Å². The third-order valence-corrected chi connectivity index (χ3v) is 3.28. The van der Waals surface area contributed by atoms with Crippen LogP contribution in [-0.4, -0.2) is 6.29 Å². The highest BCUT2D eigenvalue weighted by atomic mass is 16.1.